The van der Waals surface area contributed by atoms with E-state index in [-0.39, 0.29) is 18.6 Å². The van der Waals surface area contributed by atoms with Crippen LogP contribution in [0.4, 0.5) is 0 Å². The monoisotopic (exact) mass is 215 g/mol. The van der Waals surface area contributed by atoms with Crippen LogP contribution in [-0.2, 0) is 0 Å². The van der Waals surface area contributed by atoms with Gasteiger partial charge in [0.1, 0.15) is 0 Å². The molecule has 3 heteroatoms. The van der Waals surface area contributed by atoms with Gasteiger partial charge >= 0.3 is 0 Å². The van der Waals surface area contributed by atoms with Crippen LogP contribution in [0.3, 0.4) is 0 Å². The highest BCUT2D eigenvalue weighted by molar-refractivity contribution is 4.89. The lowest BCUT2D eigenvalue weighted by Crippen LogP contribution is -2.48. The molecule has 90 valence electrons. The number of aliphatic hydroxyl groups is 2. The Morgan fingerprint density at radius 2 is 2.07 bits per heavy atom. The number of rotatable bonds is 4. The summed E-state index contributed by atoms with van der Waals surface area (Å²) in [6.45, 7) is 9.99. The Bertz CT molecular complexity index is 204. The van der Waals surface area contributed by atoms with Crippen molar-refractivity contribution >= 4 is 0 Å². The van der Waals surface area contributed by atoms with Crippen molar-refractivity contribution in [2.45, 2.75) is 45.8 Å². The van der Waals surface area contributed by atoms with E-state index in [4.69, 9.17) is 0 Å². The van der Waals surface area contributed by atoms with Gasteiger partial charge in [-0.25, -0.2) is 0 Å². The van der Waals surface area contributed by atoms with Crippen LogP contribution in [0.25, 0.3) is 0 Å². The maximum Gasteiger partial charge on any atom is 0.0768 e. The molecule has 1 fully saturated rings. The van der Waals surface area contributed by atoms with Gasteiger partial charge < -0.3 is 10.2 Å². The molecule has 0 aromatic carbocycles. The van der Waals surface area contributed by atoms with Gasteiger partial charge in [0.15, 0.2) is 0 Å². The molecule has 3 atom stereocenters. The standard InChI is InChI=1S/C12H25NO2/c1-9(2)12(4,15)8-13-6-5-10(3)11(13)7-14/h9-11,14-15H,5-8H2,1-4H3. The van der Waals surface area contributed by atoms with Gasteiger partial charge in [0, 0.05) is 12.6 Å². The number of β-amino-alcohol motifs (C(OH)–C–C–N with tert-alkyl or cyclic N) is 1. The zero-order chi connectivity index (χ0) is 11.6. The minimum absolute atomic E-state index is 0.204. The Balaban J connectivity index is 2.58. The van der Waals surface area contributed by atoms with Crippen molar-refractivity contribution in [3.8, 4) is 0 Å². The molecule has 1 saturated heterocycles. The highest BCUT2D eigenvalue weighted by atomic mass is 16.3. The molecule has 0 aromatic rings. The van der Waals surface area contributed by atoms with Gasteiger partial charge in [0.2, 0.25) is 0 Å². The maximum atomic E-state index is 10.2. The smallest absolute Gasteiger partial charge is 0.0768 e. The van der Waals surface area contributed by atoms with Gasteiger partial charge in [-0.05, 0) is 31.7 Å². The quantitative estimate of drug-likeness (QED) is 0.738. The number of hydrogen-bond acceptors (Lipinski definition) is 3. The van der Waals surface area contributed by atoms with Crippen molar-refractivity contribution in [3.05, 3.63) is 0 Å². The number of aliphatic hydroxyl groups excluding tert-OH is 1. The molecule has 0 spiro atoms. The molecule has 0 saturated carbocycles. The zero-order valence-electron chi connectivity index (χ0n) is 10.4. The Morgan fingerprint density at radius 1 is 1.47 bits per heavy atom. The normalized spacial score (nSPS) is 32.2. The summed E-state index contributed by atoms with van der Waals surface area (Å²) in [5.74, 6) is 0.783. The van der Waals surface area contributed by atoms with Crippen LogP contribution < -0.4 is 0 Å². The number of likely N-dealkylation sites (tertiary alicyclic amines) is 1. The van der Waals surface area contributed by atoms with Crippen molar-refractivity contribution < 1.29 is 10.2 Å². The van der Waals surface area contributed by atoms with Crippen molar-refractivity contribution in [3.63, 3.8) is 0 Å². The summed E-state index contributed by atoms with van der Waals surface area (Å²) in [6, 6.07) is 0.232. The number of hydrogen-bond donors (Lipinski definition) is 2. The molecule has 1 heterocycles. The molecule has 0 aromatic heterocycles. The molecule has 3 nitrogen and oxygen atoms in total. The van der Waals surface area contributed by atoms with E-state index in [1.54, 1.807) is 0 Å². The topological polar surface area (TPSA) is 43.7 Å². The molecule has 1 rings (SSSR count). The first-order chi connectivity index (χ1) is 6.88. The van der Waals surface area contributed by atoms with E-state index in [1.165, 1.54) is 0 Å². The van der Waals surface area contributed by atoms with Gasteiger partial charge in [-0.1, -0.05) is 20.8 Å². The fraction of sp³-hybridized carbons (Fsp3) is 1.00. The second-order valence-electron chi connectivity index (χ2n) is 5.50. The average Bonchev–Trinajstić information content (AvgIpc) is 2.45. The van der Waals surface area contributed by atoms with Crippen molar-refractivity contribution in [1.29, 1.82) is 0 Å². The largest absolute Gasteiger partial charge is 0.395 e. The van der Waals surface area contributed by atoms with E-state index in [2.05, 4.69) is 11.8 Å². The summed E-state index contributed by atoms with van der Waals surface area (Å²) >= 11 is 0. The molecule has 0 radical (unpaired) electrons. The summed E-state index contributed by atoms with van der Waals surface area (Å²) in [5, 5.41) is 19.5. The van der Waals surface area contributed by atoms with Crippen LogP contribution in [0.5, 0.6) is 0 Å². The fourth-order valence-corrected chi connectivity index (χ4v) is 2.17. The van der Waals surface area contributed by atoms with E-state index >= 15 is 0 Å². The van der Waals surface area contributed by atoms with Gasteiger partial charge in [-0.15, -0.1) is 0 Å². The molecule has 3 unspecified atom stereocenters. The molecular weight excluding hydrogens is 190 g/mol. The summed E-state index contributed by atoms with van der Waals surface area (Å²) in [4.78, 5) is 2.23. The minimum atomic E-state index is -0.655. The lowest BCUT2D eigenvalue weighted by Gasteiger charge is -2.35. The average molecular weight is 215 g/mol. The van der Waals surface area contributed by atoms with Gasteiger partial charge in [0.25, 0.3) is 0 Å². The van der Waals surface area contributed by atoms with Gasteiger partial charge in [-0.3, -0.25) is 4.90 Å². The predicted octanol–water partition coefficient (Wildman–Crippen LogP) is 1.10. The highest BCUT2D eigenvalue weighted by Crippen LogP contribution is 2.27. The van der Waals surface area contributed by atoms with Crippen LogP contribution in [-0.4, -0.2) is 46.5 Å². The van der Waals surface area contributed by atoms with Crippen molar-refractivity contribution in [2.75, 3.05) is 19.7 Å². The Labute approximate surface area is 93.1 Å². The van der Waals surface area contributed by atoms with Crippen molar-refractivity contribution in [2.24, 2.45) is 11.8 Å². The summed E-state index contributed by atoms with van der Waals surface area (Å²) in [7, 11) is 0. The molecule has 2 N–H and O–H groups in total. The first-order valence-electron chi connectivity index (χ1n) is 5.95. The van der Waals surface area contributed by atoms with Crippen LogP contribution in [0.2, 0.25) is 0 Å². The van der Waals surface area contributed by atoms with E-state index in [1.807, 2.05) is 20.8 Å². The van der Waals surface area contributed by atoms with E-state index in [0.717, 1.165) is 13.0 Å². The molecule has 0 amide bonds. The molecule has 0 bridgehead atoms. The Kier molecular flexibility index (Phi) is 4.15. The zero-order valence-corrected chi connectivity index (χ0v) is 10.4. The SMILES string of the molecule is CC1CCN(CC(C)(O)C(C)C)C1CO. The molecule has 1 aliphatic heterocycles. The lowest BCUT2D eigenvalue weighted by atomic mass is 9.91. The van der Waals surface area contributed by atoms with E-state index < -0.39 is 5.60 Å². The molecular formula is C12H25NO2. The third-order valence-corrected chi connectivity index (χ3v) is 3.95. The second kappa shape index (κ2) is 4.81. The maximum absolute atomic E-state index is 10.2. The molecule has 15 heavy (non-hydrogen) atoms. The van der Waals surface area contributed by atoms with Gasteiger partial charge in [-0.2, -0.15) is 0 Å². The number of nitrogens with zero attached hydrogens (tertiary/aromatic N) is 1. The summed E-state index contributed by atoms with van der Waals surface area (Å²) in [6.07, 6.45) is 1.12. The first-order valence-corrected chi connectivity index (χ1v) is 5.95. The fourth-order valence-electron chi connectivity index (χ4n) is 2.17. The summed E-state index contributed by atoms with van der Waals surface area (Å²) < 4.78 is 0. The third kappa shape index (κ3) is 2.92. The Morgan fingerprint density at radius 3 is 2.53 bits per heavy atom. The van der Waals surface area contributed by atoms with Crippen LogP contribution >= 0.6 is 0 Å². The Hall–Kier alpha value is -0.120. The van der Waals surface area contributed by atoms with E-state index in [9.17, 15) is 10.2 Å². The summed E-state index contributed by atoms with van der Waals surface area (Å²) in [5.41, 5.74) is -0.655. The minimum Gasteiger partial charge on any atom is -0.395 e. The molecule has 0 aliphatic carbocycles. The van der Waals surface area contributed by atoms with Gasteiger partial charge in [0.05, 0.1) is 12.2 Å². The third-order valence-electron chi connectivity index (χ3n) is 3.95. The first kappa shape index (κ1) is 12.9. The second-order valence-corrected chi connectivity index (χ2v) is 5.50. The van der Waals surface area contributed by atoms with Crippen molar-refractivity contribution in [1.82, 2.24) is 4.90 Å². The van der Waals surface area contributed by atoms with Crippen LogP contribution in [0, 0.1) is 11.8 Å². The van der Waals surface area contributed by atoms with Crippen LogP contribution in [0.1, 0.15) is 34.1 Å². The van der Waals surface area contributed by atoms with Crippen LogP contribution in [0.15, 0.2) is 0 Å². The predicted molar refractivity (Wildman–Crippen MR) is 61.7 cm³/mol. The van der Waals surface area contributed by atoms with E-state index in [0.29, 0.717) is 12.5 Å². The highest BCUT2D eigenvalue weighted by Gasteiger charge is 2.36. The molecule has 1 aliphatic rings. The lowest BCUT2D eigenvalue weighted by molar-refractivity contribution is -0.0285.